The molecule has 0 saturated heterocycles. The van der Waals surface area contributed by atoms with Crippen LogP contribution in [-0.4, -0.2) is 20.4 Å². The van der Waals surface area contributed by atoms with Crippen molar-refractivity contribution in [2.75, 3.05) is 0 Å². The lowest BCUT2D eigenvalue weighted by Gasteiger charge is -2.05. The van der Waals surface area contributed by atoms with Gasteiger partial charge in [0.2, 0.25) is 0 Å². The van der Waals surface area contributed by atoms with E-state index in [9.17, 15) is 14.9 Å². The standard InChI is InChI=1S/C3H4BrNO4/c1-3(4,2(6)7)5(8)9/h1H3,(H,6,7). The highest BCUT2D eigenvalue weighted by Crippen LogP contribution is 2.16. The third kappa shape index (κ3) is 1.63. The van der Waals surface area contributed by atoms with Gasteiger partial charge in [-0.25, -0.2) is 4.79 Å². The van der Waals surface area contributed by atoms with E-state index in [-0.39, 0.29) is 0 Å². The molecule has 0 aromatic carbocycles. The molecule has 0 fully saturated rings. The van der Waals surface area contributed by atoms with Gasteiger partial charge in [-0.15, -0.1) is 0 Å². The molecule has 5 nitrogen and oxygen atoms in total. The summed E-state index contributed by atoms with van der Waals surface area (Å²) < 4.78 is -2.05. The molecule has 0 amide bonds. The summed E-state index contributed by atoms with van der Waals surface area (Å²) in [5, 5.41) is 18.0. The lowest BCUT2D eigenvalue weighted by atomic mass is 10.4. The predicted octanol–water partition coefficient (Wildman–Crippen LogP) is 0.459. The van der Waals surface area contributed by atoms with Crippen LogP contribution in [0.25, 0.3) is 0 Å². The predicted molar refractivity (Wildman–Crippen MR) is 32.0 cm³/mol. The van der Waals surface area contributed by atoms with Gasteiger partial charge in [-0.1, -0.05) is 0 Å². The maximum absolute atomic E-state index is 9.97. The molecule has 0 heterocycles. The molecule has 0 aromatic heterocycles. The van der Waals surface area contributed by atoms with Gasteiger partial charge >= 0.3 is 10.4 Å². The van der Waals surface area contributed by atoms with Crippen LogP contribution in [0, 0.1) is 10.1 Å². The van der Waals surface area contributed by atoms with Gasteiger partial charge < -0.3 is 5.11 Å². The van der Waals surface area contributed by atoms with E-state index >= 15 is 0 Å². The third-order valence-electron chi connectivity index (χ3n) is 0.733. The molecule has 1 unspecified atom stereocenters. The smallest absolute Gasteiger partial charge is 0.393 e. The Kier molecular flexibility index (Phi) is 2.13. The van der Waals surface area contributed by atoms with Crippen molar-refractivity contribution in [3.63, 3.8) is 0 Å². The molecule has 0 aliphatic heterocycles. The van der Waals surface area contributed by atoms with Crippen LogP contribution in [0.2, 0.25) is 0 Å². The summed E-state index contributed by atoms with van der Waals surface area (Å²) in [5.74, 6) is -1.51. The van der Waals surface area contributed by atoms with E-state index in [4.69, 9.17) is 5.11 Å². The number of nitro groups is 1. The summed E-state index contributed by atoms with van der Waals surface area (Å²) in [4.78, 5) is 18.9. The highest BCUT2D eigenvalue weighted by atomic mass is 79.9. The van der Waals surface area contributed by atoms with Crippen molar-refractivity contribution in [2.24, 2.45) is 0 Å². The summed E-state index contributed by atoms with van der Waals surface area (Å²) in [6, 6.07) is 0. The van der Waals surface area contributed by atoms with Crippen LogP contribution in [0.5, 0.6) is 0 Å². The van der Waals surface area contributed by atoms with E-state index < -0.39 is 15.3 Å². The third-order valence-corrected chi connectivity index (χ3v) is 1.36. The summed E-state index contributed by atoms with van der Waals surface area (Å²) in [6.45, 7) is 0.954. The molecular formula is C3H4BrNO4. The number of aliphatic carboxylic acids is 1. The maximum atomic E-state index is 9.97. The number of carboxylic acids is 1. The Morgan fingerprint density at radius 2 is 2.22 bits per heavy atom. The Morgan fingerprint density at radius 3 is 2.22 bits per heavy atom. The molecule has 6 heteroatoms. The monoisotopic (exact) mass is 197 g/mol. The van der Waals surface area contributed by atoms with Crippen LogP contribution < -0.4 is 0 Å². The van der Waals surface area contributed by atoms with Gasteiger partial charge in [-0.2, -0.15) is 0 Å². The number of alkyl halides is 1. The van der Waals surface area contributed by atoms with Crippen molar-refractivity contribution in [3.05, 3.63) is 10.1 Å². The molecule has 0 radical (unpaired) electrons. The summed E-state index contributed by atoms with van der Waals surface area (Å²) >= 11 is 2.41. The van der Waals surface area contributed by atoms with Gasteiger partial charge in [0.1, 0.15) is 0 Å². The summed E-state index contributed by atoms with van der Waals surface area (Å²) in [7, 11) is 0. The second-order valence-electron chi connectivity index (χ2n) is 1.52. The number of carbonyl (C=O) groups is 1. The van der Waals surface area contributed by atoms with Gasteiger partial charge in [0.25, 0.3) is 0 Å². The lowest BCUT2D eigenvalue weighted by molar-refractivity contribution is -0.517. The molecule has 0 aliphatic rings. The normalized spacial score (nSPS) is 16.2. The molecule has 1 N–H and O–H groups in total. The average Bonchev–Trinajstić information content (AvgIpc) is 1.65. The molecule has 52 valence electrons. The van der Waals surface area contributed by atoms with Crippen LogP contribution in [0.3, 0.4) is 0 Å². The molecule has 0 aromatic rings. The molecule has 0 rings (SSSR count). The fourth-order valence-corrected chi connectivity index (χ4v) is 0.0781. The number of carboxylic acid groups (broad SMARTS) is 1. The number of hydrogen-bond acceptors (Lipinski definition) is 3. The van der Waals surface area contributed by atoms with Crippen LogP contribution >= 0.6 is 15.9 Å². The Morgan fingerprint density at radius 1 is 1.89 bits per heavy atom. The number of hydrogen-bond donors (Lipinski definition) is 1. The van der Waals surface area contributed by atoms with Gasteiger partial charge in [0.05, 0.1) is 0 Å². The van der Waals surface area contributed by atoms with Crippen molar-refractivity contribution < 1.29 is 14.8 Å². The quantitative estimate of drug-likeness (QED) is 0.302. The number of rotatable bonds is 2. The van der Waals surface area contributed by atoms with Crippen LogP contribution in [0.1, 0.15) is 6.92 Å². The SMILES string of the molecule is CC(Br)(C(=O)O)[N+](=O)[O-]. The van der Waals surface area contributed by atoms with Gasteiger partial charge in [-0.3, -0.25) is 10.1 Å². The second-order valence-corrected chi connectivity index (χ2v) is 3.06. The van der Waals surface area contributed by atoms with Crippen LogP contribution in [-0.2, 0) is 4.79 Å². The van der Waals surface area contributed by atoms with E-state index in [2.05, 4.69) is 15.9 Å². The van der Waals surface area contributed by atoms with E-state index in [1.807, 2.05) is 0 Å². The molecule has 0 bridgehead atoms. The van der Waals surface area contributed by atoms with Gasteiger partial charge in [0.15, 0.2) is 0 Å². The number of halogens is 1. The minimum absolute atomic E-state index is 0.921. The van der Waals surface area contributed by atoms with Crippen LogP contribution in [0.4, 0.5) is 0 Å². The van der Waals surface area contributed by atoms with E-state index in [0.29, 0.717) is 0 Å². The molecule has 9 heavy (non-hydrogen) atoms. The topological polar surface area (TPSA) is 80.4 Å². The molecule has 0 aliphatic carbocycles. The van der Waals surface area contributed by atoms with E-state index in [1.54, 1.807) is 0 Å². The molecule has 0 saturated carbocycles. The minimum Gasteiger partial charge on any atom is -0.475 e. The van der Waals surface area contributed by atoms with Crippen LogP contribution in [0.15, 0.2) is 0 Å². The van der Waals surface area contributed by atoms with Crippen molar-refractivity contribution in [3.8, 4) is 0 Å². The lowest BCUT2D eigenvalue weighted by Crippen LogP contribution is -2.36. The first kappa shape index (κ1) is 8.35. The fraction of sp³-hybridized carbons (Fsp3) is 0.667. The maximum Gasteiger partial charge on any atom is 0.393 e. The second kappa shape index (κ2) is 2.30. The zero-order chi connectivity index (χ0) is 7.65. The van der Waals surface area contributed by atoms with Crippen molar-refractivity contribution in [2.45, 2.75) is 11.4 Å². The highest BCUT2D eigenvalue weighted by molar-refractivity contribution is 9.10. The fourth-order valence-electron chi connectivity index (χ4n) is 0.0781. The minimum atomic E-state index is -2.05. The Hall–Kier alpha value is -0.650. The first-order valence-electron chi connectivity index (χ1n) is 1.96. The Bertz CT molecular complexity index is 138. The Balaban J connectivity index is 4.38. The van der Waals surface area contributed by atoms with Gasteiger partial charge in [-0.05, 0) is 0 Å². The van der Waals surface area contributed by atoms with Crippen molar-refractivity contribution in [1.29, 1.82) is 0 Å². The average molecular weight is 198 g/mol. The van der Waals surface area contributed by atoms with Gasteiger partial charge in [0, 0.05) is 27.8 Å². The molecular weight excluding hydrogens is 194 g/mol. The summed E-state index contributed by atoms with van der Waals surface area (Å²) in [6.07, 6.45) is 0. The van der Waals surface area contributed by atoms with E-state index in [1.165, 1.54) is 0 Å². The zero-order valence-electron chi connectivity index (χ0n) is 4.50. The van der Waals surface area contributed by atoms with Crippen molar-refractivity contribution in [1.82, 2.24) is 0 Å². The van der Waals surface area contributed by atoms with Crippen molar-refractivity contribution >= 4 is 21.9 Å². The number of nitrogens with zero attached hydrogens (tertiary/aromatic N) is 1. The molecule has 0 spiro atoms. The Labute approximate surface area is 58.9 Å². The van der Waals surface area contributed by atoms with E-state index in [0.717, 1.165) is 6.92 Å². The zero-order valence-corrected chi connectivity index (χ0v) is 6.08. The summed E-state index contributed by atoms with van der Waals surface area (Å²) in [5.41, 5.74) is 0. The first-order valence-corrected chi connectivity index (χ1v) is 2.75. The molecule has 1 atom stereocenters. The highest BCUT2D eigenvalue weighted by Gasteiger charge is 2.42. The largest absolute Gasteiger partial charge is 0.475 e. The first-order chi connectivity index (χ1) is 3.89.